The molecule has 3 atom stereocenters. The molecule has 6 nitrogen and oxygen atoms in total. The van der Waals surface area contributed by atoms with E-state index in [2.05, 4.69) is 20.6 Å². The Kier molecular flexibility index (Phi) is 7.34. The van der Waals surface area contributed by atoms with Gasteiger partial charge in [-0.2, -0.15) is 0 Å². The number of anilines is 2. The van der Waals surface area contributed by atoms with Gasteiger partial charge in [0.05, 0.1) is 35.0 Å². The van der Waals surface area contributed by atoms with Gasteiger partial charge >= 0.3 is 0 Å². The van der Waals surface area contributed by atoms with Crippen LogP contribution in [0.5, 0.6) is 11.5 Å². The van der Waals surface area contributed by atoms with Crippen LogP contribution in [0.4, 0.5) is 15.9 Å². The highest BCUT2D eigenvalue weighted by Crippen LogP contribution is 2.40. The van der Waals surface area contributed by atoms with Crippen molar-refractivity contribution in [2.75, 3.05) is 32.1 Å². The number of rotatable bonds is 6. The minimum Gasteiger partial charge on any atom is -0.493 e. The zero-order valence-corrected chi connectivity index (χ0v) is 20.2. The summed E-state index contributed by atoms with van der Waals surface area (Å²) in [5.41, 5.74) is 0.825. The van der Waals surface area contributed by atoms with Crippen molar-refractivity contribution in [3.8, 4) is 11.5 Å². The Labute approximate surface area is 207 Å². The fourth-order valence-corrected chi connectivity index (χ4v) is 5.13. The molecule has 10 heteroatoms. The third kappa shape index (κ3) is 4.78. The first kappa shape index (κ1) is 24.1. The highest BCUT2D eigenvalue weighted by Gasteiger charge is 2.37. The minimum atomic E-state index is -0.644. The Morgan fingerprint density at radius 2 is 1.88 bits per heavy atom. The monoisotopic (exact) mass is 512 g/mol. The van der Waals surface area contributed by atoms with Gasteiger partial charge in [0.15, 0.2) is 17.3 Å². The molecule has 1 saturated heterocycles. The summed E-state index contributed by atoms with van der Waals surface area (Å²) in [6.45, 7) is 2.89. The number of ether oxygens (including phenoxy) is 2. The highest BCUT2D eigenvalue weighted by molar-refractivity contribution is 6.42. The molecule has 0 bridgehead atoms. The first-order valence-corrected chi connectivity index (χ1v) is 11.4. The van der Waals surface area contributed by atoms with Crippen LogP contribution in [0.15, 0.2) is 30.6 Å². The van der Waals surface area contributed by atoms with Crippen LogP contribution >= 0.6 is 35.6 Å². The standard InChI is InChI=1S/C23H23Cl2FN4O2.ClH/c1-31-19-6-15-18(7-20(19)32-10-12-4-13-8-27-9-14(13)5-12)28-11-29-23(15)30-17-3-2-16(24)21(25)22(17)26;/h2-3,6-7,11-14,27H,4-5,8-10H2,1H3,(H,28,29,30);1H/t12-,13-,14+;. The lowest BCUT2D eigenvalue weighted by atomic mass is 10.0. The topological polar surface area (TPSA) is 68.3 Å². The van der Waals surface area contributed by atoms with Gasteiger partial charge < -0.3 is 20.1 Å². The summed E-state index contributed by atoms with van der Waals surface area (Å²) in [6, 6.07) is 6.68. The smallest absolute Gasteiger partial charge is 0.166 e. The number of nitrogens with zero attached hydrogens (tertiary/aromatic N) is 2. The summed E-state index contributed by atoms with van der Waals surface area (Å²) in [6.07, 6.45) is 3.81. The van der Waals surface area contributed by atoms with Gasteiger partial charge in [-0.1, -0.05) is 23.2 Å². The highest BCUT2D eigenvalue weighted by atomic mass is 35.5. The lowest BCUT2D eigenvalue weighted by Gasteiger charge is -2.17. The minimum absolute atomic E-state index is 0. The van der Waals surface area contributed by atoms with Crippen LogP contribution in [-0.2, 0) is 0 Å². The quantitative estimate of drug-likeness (QED) is 0.402. The molecule has 2 N–H and O–H groups in total. The van der Waals surface area contributed by atoms with Crippen LogP contribution in [-0.4, -0.2) is 36.8 Å². The maximum absolute atomic E-state index is 14.5. The van der Waals surface area contributed by atoms with Gasteiger partial charge in [-0.3, -0.25) is 0 Å². The van der Waals surface area contributed by atoms with E-state index >= 15 is 0 Å². The van der Waals surface area contributed by atoms with Crippen molar-refractivity contribution in [3.63, 3.8) is 0 Å². The lowest BCUT2D eigenvalue weighted by Crippen LogP contribution is -2.15. The first-order valence-electron chi connectivity index (χ1n) is 10.6. The molecule has 33 heavy (non-hydrogen) atoms. The van der Waals surface area contributed by atoms with E-state index in [1.54, 1.807) is 13.2 Å². The largest absolute Gasteiger partial charge is 0.493 e. The Hall–Kier alpha value is -2.06. The summed E-state index contributed by atoms with van der Waals surface area (Å²) in [5.74, 6) is 3.08. The van der Waals surface area contributed by atoms with Crippen molar-refractivity contribution >= 4 is 58.0 Å². The number of hydrogen-bond acceptors (Lipinski definition) is 6. The molecule has 1 aliphatic heterocycles. The number of halogens is 4. The van der Waals surface area contributed by atoms with Crippen LogP contribution in [0.3, 0.4) is 0 Å². The predicted octanol–water partition coefficient (Wildman–Crippen LogP) is 5.87. The summed E-state index contributed by atoms with van der Waals surface area (Å²) >= 11 is 11.8. The zero-order valence-electron chi connectivity index (χ0n) is 17.9. The van der Waals surface area contributed by atoms with Gasteiger partial charge in [0.25, 0.3) is 0 Å². The fourth-order valence-electron chi connectivity index (χ4n) is 4.82. The van der Waals surface area contributed by atoms with E-state index in [1.165, 1.54) is 31.3 Å². The van der Waals surface area contributed by atoms with E-state index in [-0.39, 0.29) is 28.1 Å². The molecule has 0 radical (unpaired) electrons. The van der Waals surface area contributed by atoms with Crippen LogP contribution in [0, 0.1) is 23.6 Å². The Bertz CT molecular complexity index is 1150. The van der Waals surface area contributed by atoms with Gasteiger partial charge in [0.2, 0.25) is 0 Å². The van der Waals surface area contributed by atoms with Crippen LogP contribution in [0.25, 0.3) is 10.9 Å². The van der Waals surface area contributed by atoms with Crippen LogP contribution in [0.1, 0.15) is 12.8 Å². The van der Waals surface area contributed by atoms with Crippen molar-refractivity contribution < 1.29 is 13.9 Å². The summed E-state index contributed by atoms with van der Waals surface area (Å²) in [4.78, 5) is 8.64. The fraction of sp³-hybridized carbons (Fsp3) is 0.391. The summed E-state index contributed by atoms with van der Waals surface area (Å²) < 4.78 is 26.3. The normalized spacial score (nSPS) is 21.5. The first-order chi connectivity index (χ1) is 15.5. The van der Waals surface area contributed by atoms with Crippen LogP contribution in [0.2, 0.25) is 10.0 Å². The maximum atomic E-state index is 14.5. The molecule has 2 heterocycles. The lowest BCUT2D eigenvalue weighted by molar-refractivity contribution is 0.234. The Balaban J connectivity index is 0.00000259. The molecule has 176 valence electrons. The van der Waals surface area contributed by atoms with Gasteiger partial charge in [-0.25, -0.2) is 14.4 Å². The molecule has 3 aromatic rings. The molecule has 1 aliphatic carbocycles. The maximum Gasteiger partial charge on any atom is 0.166 e. The number of nitrogens with one attached hydrogen (secondary N) is 2. The molecule has 1 saturated carbocycles. The second-order valence-corrected chi connectivity index (χ2v) is 9.20. The third-order valence-electron chi connectivity index (χ3n) is 6.44. The molecule has 0 unspecified atom stereocenters. The Morgan fingerprint density at radius 1 is 1.12 bits per heavy atom. The zero-order chi connectivity index (χ0) is 22.2. The van der Waals surface area contributed by atoms with Gasteiger partial charge in [-0.15, -0.1) is 12.4 Å². The average Bonchev–Trinajstić information content (AvgIpc) is 3.39. The molecule has 2 aliphatic rings. The number of hydrogen-bond donors (Lipinski definition) is 2. The van der Waals surface area contributed by atoms with E-state index in [0.717, 1.165) is 24.9 Å². The second kappa shape index (κ2) is 10.1. The third-order valence-corrected chi connectivity index (χ3v) is 7.22. The summed E-state index contributed by atoms with van der Waals surface area (Å²) in [5, 5.41) is 7.13. The van der Waals surface area contributed by atoms with E-state index in [9.17, 15) is 4.39 Å². The van der Waals surface area contributed by atoms with E-state index in [1.807, 2.05) is 6.07 Å². The van der Waals surface area contributed by atoms with E-state index in [4.69, 9.17) is 32.7 Å². The van der Waals surface area contributed by atoms with Gasteiger partial charge in [-0.05, 0) is 61.9 Å². The number of benzene rings is 2. The molecule has 5 rings (SSSR count). The predicted molar refractivity (Wildman–Crippen MR) is 131 cm³/mol. The van der Waals surface area contributed by atoms with Gasteiger partial charge in [0.1, 0.15) is 12.1 Å². The van der Waals surface area contributed by atoms with E-state index < -0.39 is 5.82 Å². The average molecular weight is 514 g/mol. The van der Waals surface area contributed by atoms with Gasteiger partial charge in [0, 0.05) is 11.5 Å². The van der Waals surface area contributed by atoms with Crippen molar-refractivity contribution in [3.05, 3.63) is 46.5 Å². The van der Waals surface area contributed by atoms with E-state index in [0.29, 0.717) is 40.7 Å². The van der Waals surface area contributed by atoms with Crippen LogP contribution < -0.4 is 20.1 Å². The Morgan fingerprint density at radius 3 is 2.61 bits per heavy atom. The molecule has 0 spiro atoms. The molecule has 0 amide bonds. The molecule has 2 aromatic carbocycles. The number of aromatic nitrogens is 2. The van der Waals surface area contributed by atoms with Crippen molar-refractivity contribution in [2.45, 2.75) is 12.8 Å². The number of fused-ring (bicyclic) bond motifs is 2. The van der Waals surface area contributed by atoms with Crippen molar-refractivity contribution in [1.29, 1.82) is 0 Å². The number of methoxy groups -OCH3 is 1. The van der Waals surface area contributed by atoms with Crippen molar-refractivity contribution in [1.82, 2.24) is 15.3 Å². The molecule has 2 fully saturated rings. The molecular formula is C23H24Cl3FN4O2. The second-order valence-electron chi connectivity index (χ2n) is 8.42. The molecule has 1 aromatic heterocycles. The van der Waals surface area contributed by atoms with Crippen molar-refractivity contribution in [2.24, 2.45) is 17.8 Å². The SMILES string of the molecule is COc1cc2c(Nc3ccc(Cl)c(Cl)c3F)ncnc2cc1OC[C@H]1C[C@H]2CNC[C@H]2C1.Cl. The summed E-state index contributed by atoms with van der Waals surface area (Å²) in [7, 11) is 1.59. The molecular weight excluding hydrogens is 490 g/mol.